The largest absolute Gasteiger partial charge is 0.480 e. The molecule has 0 bridgehead atoms. The van der Waals surface area contributed by atoms with Crippen molar-refractivity contribution in [1.29, 1.82) is 0 Å². The summed E-state index contributed by atoms with van der Waals surface area (Å²) in [6.07, 6.45) is 1.78. The Labute approximate surface area is 104 Å². The summed E-state index contributed by atoms with van der Waals surface area (Å²) in [5.74, 6) is -1.26. The molecule has 1 atom stereocenters. The molecule has 0 fully saturated rings. The van der Waals surface area contributed by atoms with Gasteiger partial charge in [-0.1, -0.05) is 24.3 Å². The third-order valence-corrected chi connectivity index (χ3v) is 2.19. The molecular formula is C12H15N3O3. The van der Waals surface area contributed by atoms with E-state index in [1.54, 1.807) is 24.3 Å². The van der Waals surface area contributed by atoms with Crippen molar-refractivity contribution >= 4 is 18.1 Å². The lowest BCUT2D eigenvalue weighted by molar-refractivity contribution is -0.138. The number of amides is 1. The summed E-state index contributed by atoms with van der Waals surface area (Å²) < 4.78 is 0. The van der Waals surface area contributed by atoms with E-state index in [-0.39, 0.29) is 12.3 Å². The molecule has 96 valence electrons. The van der Waals surface area contributed by atoms with Crippen LogP contribution in [0.5, 0.6) is 0 Å². The first-order valence-corrected chi connectivity index (χ1v) is 5.36. The standard InChI is InChI=1S/C12H15N3O3/c1-8(16)15-14-7-10-4-2-9(3-5-10)6-11(13)12(17)18/h2-5,7,11H,6,13H2,1H3,(H,15,16)(H,17,18). The molecule has 0 aliphatic carbocycles. The highest BCUT2D eigenvalue weighted by Crippen LogP contribution is 2.05. The van der Waals surface area contributed by atoms with Crippen molar-refractivity contribution in [3.8, 4) is 0 Å². The molecule has 0 aliphatic heterocycles. The van der Waals surface area contributed by atoms with Crippen molar-refractivity contribution in [2.75, 3.05) is 0 Å². The fraction of sp³-hybridized carbons (Fsp3) is 0.250. The van der Waals surface area contributed by atoms with E-state index in [0.29, 0.717) is 0 Å². The number of carbonyl (C=O) groups is 2. The Hall–Kier alpha value is -2.21. The van der Waals surface area contributed by atoms with Crippen molar-refractivity contribution < 1.29 is 14.7 Å². The SMILES string of the molecule is CC(=O)NN=Cc1ccc(CC(N)C(=O)O)cc1. The van der Waals surface area contributed by atoms with Crippen LogP contribution in [0.25, 0.3) is 0 Å². The molecule has 0 heterocycles. The van der Waals surface area contributed by atoms with Gasteiger partial charge in [0.1, 0.15) is 6.04 Å². The molecule has 0 saturated heterocycles. The summed E-state index contributed by atoms with van der Waals surface area (Å²) in [5, 5.41) is 12.4. The maximum absolute atomic E-state index is 10.6. The molecule has 0 spiro atoms. The Balaban J connectivity index is 2.60. The van der Waals surface area contributed by atoms with Gasteiger partial charge in [-0.15, -0.1) is 0 Å². The lowest BCUT2D eigenvalue weighted by atomic mass is 10.1. The number of benzene rings is 1. The second kappa shape index (κ2) is 6.51. The molecule has 1 aromatic carbocycles. The van der Waals surface area contributed by atoms with E-state index in [2.05, 4.69) is 10.5 Å². The molecule has 4 N–H and O–H groups in total. The van der Waals surface area contributed by atoms with Crippen LogP contribution in [0.3, 0.4) is 0 Å². The average Bonchev–Trinajstić information content (AvgIpc) is 2.30. The highest BCUT2D eigenvalue weighted by molar-refractivity contribution is 5.81. The summed E-state index contributed by atoms with van der Waals surface area (Å²) in [5.41, 5.74) is 9.35. The van der Waals surface area contributed by atoms with Crippen molar-refractivity contribution in [3.63, 3.8) is 0 Å². The Morgan fingerprint density at radius 2 is 2.06 bits per heavy atom. The molecule has 1 aromatic rings. The monoisotopic (exact) mass is 249 g/mol. The van der Waals surface area contributed by atoms with Gasteiger partial charge in [0.05, 0.1) is 6.21 Å². The third-order valence-electron chi connectivity index (χ3n) is 2.19. The van der Waals surface area contributed by atoms with Crippen molar-refractivity contribution in [2.24, 2.45) is 10.8 Å². The molecule has 6 nitrogen and oxygen atoms in total. The zero-order valence-electron chi connectivity index (χ0n) is 9.96. The van der Waals surface area contributed by atoms with E-state index in [4.69, 9.17) is 10.8 Å². The van der Waals surface area contributed by atoms with Gasteiger partial charge in [-0.25, -0.2) is 5.43 Å². The second-order valence-electron chi connectivity index (χ2n) is 3.82. The lowest BCUT2D eigenvalue weighted by Gasteiger charge is -2.06. The minimum absolute atomic E-state index is 0.240. The third kappa shape index (κ3) is 4.75. The van der Waals surface area contributed by atoms with E-state index >= 15 is 0 Å². The Kier molecular flexibility index (Phi) is 5.01. The van der Waals surface area contributed by atoms with E-state index < -0.39 is 12.0 Å². The van der Waals surface area contributed by atoms with Crippen molar-refractivity contribution in [3.05, 3.63) is 35.4 Å². The molecule has 1 unspecified atom stereocenters. The van der Waals surface area contributed by atoms with Crippen molar-refractivity contribution in [1.82, 2.24) is 5.43 Å². The molecule has 18 heavy (non-hydrogen) atoms. The summed E-state index contributed by atoms with van der Waals surface area (Å²) in [6, 6.07) is 6.20. The van der Waals surface area contributed by atoms with Gasteiger partial charge in [0.15, 0.2) is 0 Å². The topological polar surface area (TPSA) is 105 Å². The number of carboxylic acid groups (broad SMARTS) is 1. The fourth-order valence-corrected chi connectivity index (χ4v) is 1.28. The number of nitrogens with one attached hydrogen (secondary N) is 1. The molecule has 1 amide bonds. The van der Waals surface area contributed by atoms with Crippen molar-refractivity contribution in [2.45, 2.75) is 19.4 Å². The summed E-state index contributed by atoms with van der Waals surface area (Å²) >= 11 is 0. The predicted octanol–water partition coefficient (Wildman–Crippen LogP) is 0.111. The first-order valence-electron chi connectivity index (χ1n) is 5.36. The fourth-order valence-electron chi connectivity index (χ4n) is 1.28. The molecular weight excluding hydrogens is 234 g/mol. The normalized spacial score (nSPS) is 12.3. The average molecular weight is 249 g/mol. The number of nitrogens with zero attached hydrogens (tertiary/aromatic N) is 1. The van der Waals surface area contributed by atoms with Crippen LogP contribution in [-0.2, 0) is 16.0 Å². The van der Waals surface area contributed by atoms with Crippen LogP contribution in [0.15, 0.2) is 29.4 Å². The van der Waals surface area contributed by atoms with E-state index in [9.17, 15) is 9.59 Å². The first kappa shape index (κ1) is 13.9. The molecule has 0 saturated carbocycles. The Morgan fingerprint density at radius 3 is 2.56 bits per heavy atom. The van der Waals surface area contributed by atoms with Crippen LogP contribution in [0.2, 0.25) is 0 Å². The molecule has 0 radical (unpaired) electrons. The van der Waals surface area contributed by atoms with Crippen LogP contribution in [0.4, 0.5) is 0 Å². The molecule has 0 aromatic heterocycles. The summed E-state index contributed by atoms with van der Waals surface area (Å²) in [4.78, 5) is 21.2. The number of rotatable bonds is 5. The maximum Gasteiger partial charge on any atom is 0.320 e. The van der Waals surface area contributed by atoms with Gasteiger partial charge in [-0.3, -0.25) is 9.59 Å². The highest BCUT2D eigenvalue weighted by Gasteiger charge is 2.11. The number of hydrazone groups is 1. The Bertz CT molecular complexity index is 454. The van der Waals surface area contributed by atoms with Crippen LogP contribution >= 0.6 is 0 Å². The zero-order chi connectivity index (χ0) is 13.5. The van der Waals surface area contributed by atoms with Crippen LogP contribution in [0, 0.1) is 0 Å². The predicted molar refractivity (Wildman–Crippen MR) is 67.2 cm³/mol. The first-order chi connectivity index (χ1) is 8.49. The van der Waals surface area contributed by atoms with Gasteiger partial charge in [-0.05, 0) is 17.5 Å². The van der Waals surface area contributed by atoms with Gasteiger partial charge in [0.25, 0.3) is 0 Å². The smallest absolute Gasteiger partial charge is 0.320 e. The van der Waals surface area contributed by atoms with Crippen LogP contribution in [-0.4, -0.2) is 29.2 Å². The number of hydrogen-bond acceptors (Lipinski definition) is 4. The summed E-state index contributed by atoms with van der Waals surface area (Å²) in [7, 11) is 0. The van der Waals surface area contributed by atoms with Gasteiger partial charge in [-0.2, -0.15) is 5.10 Å². The van der Waals surface area contributed by atoms with Gasteiger partial charge < -0.3 is 10.8 Å². The van der Waals surface area contributed by atoms with E-state index in [1.807, 2.05) is 0 Å². The molecule has 1 rings (SSSR count). The summed E-state index contributed by atoms with van der Waals surface area (Å²) in [6.45, 7) is 1.37. The number of hydrogen-bond donors (Lipinski definition) is 3. The maximum atomic E-state index is 10.6. The Morgan fingerprint density at radius 1 is 1.44 bits per heavy atom. The van der Waals surface area contributed by atoms with E-state index in [1.165, 1.54) is 13.1 Å². The van der Waals surface area contributed by atoms with Gasteiger partial charge in [0.2, 0.25) is 5.91 Å². The van der Waals surface area contributed by atoms with Crippen LogP contribution in [0.1, 0.15) is 18.1 Å². The molecule has 0 aliphatic rings. The number of carbonyl (C=O) groups excluding carboxylic acids is 1. The van der Waals surface area contributed by atoms with Gasteiger partial charge in [0, 0.05) is 6.92 Å². The second-order valence-corrected chi connectivity index (χ2v) is 3.82. The highest BCUT2D eigenvalue weighted by atomic mass is 16.4. The van der Waals surface area contributed by atoms with Crippen LogP contribution < -0.4 is 11.2 Å². The van der Waals surface area contributed by atoms with Gasteiger partial charge >= 0.3 is 5.97 Å². The zero-order valence-corrected chi connectivity index (χ0v) is 9.96. The molecule has 6 heteroatoms. The minimum atomic E-state index is -1.02. The number of aliphatic carboxylic acids is 1. The minimum Gasteiger partial charge on any atom is -0.480 e. The quantitative estimate of drug-likeness (QED) is 0.508. The van der Waals surface area contributed by atoms with E-state index in [0.717, 1.165) is 11.1 Å². The lowest BCUT2D eigenvalue weighted by Crippen LogP contribution is -2.32. The number of carboxylic acids is 1. The number of nitrogens with two attached hydrogens (primary N) is 1.